The van der Waals surface area contributed by atoms with Crippen LogP contribution in [0.3, 0.4) is 0 Å². The fraction of sp³-hybridized carbons (Fsp3) is 0.929. The number of hydrogen-bond acceptors (Lipinski definition) is 2. The molecule has 0 spiro atoms. The SMILES string of the molecule is CCCCC1NC(CC)N(CC2(C)CC2)C1=O. The van der Waals surface area contributed by atoms with Crippen molar-refractivity contribution in [2.75, 3.05) is 6.54 Å². The molecule has 0 aromatic carbocycles. The summed E-state index contributed by atoms with van der Waals surface area (Å²) < 4.78 is 0. The monoisotopic (exact) mass is 238 g/mol. The summed E-state index contributed by atoms with van der Waals surface area (Å²) in [5, 5.41) is 3.50. The summed E-state index contributed by atoms with van der Waals surface area (Å²) in [6, 6.07) is 0.0854. The zero-order valence-electron chi connectivity index (χ0n) is 11.5. The molecule has 0 bridgehead atoms. The molecule has 3 heteroatoms. The van der Waals surface area contributed by atoms with Gasteiger partial charge in [-0.2, -0.15) is 0 Å². The third-order valence-electron chi connectivity index (χ3n) is 4.24. The van der Waals surface area contributed by atoms with Crippen LogP contribution in [0, 0.1) is 5.41 Å². The van der Waals surface area contributed by atoms with Crippen molar-refractivity contribution >= 4 is 5.91 Å². The van der Waals surface area contributed by atoms with E-state index >= 15 is 0 Å². The molecule has 1 saturated heterocycles. The molecule has 0 aromatic rings. The second-order valence-corrected chi connectivity index (χ2v) is 6.06. The predicted octanol–water partition coefficient (Wildman–Crippen LogP) is 2.51. The highest BCUT2D eigenvalue weighted by Crippen LogP contribution is 2.46. The van der Waals surface area contributed by atoms with Gasteiger partial charge in [0.25, 0.3) is 0 Å². The van der Waals surface area contributed by atoms with Crippen molar-refractivity contribution in [1.82, 2.24) is 10.2 Å². The summed E-state index contributed by atoms with van der Waals surface area (Å²) in [6.45, 7) is 7.60. The van der Waals surface area contributed by atoms with E-state index in [0.717, 1.165) is 25.8 Å². The van der Waals surface area contributed by atoms with E-state index in [4.69, 9.17) is 0 Å². The molecule has 1 aliphatic carbocycles. The van der Waals surface area contributed by atoms with Crippen LogP contribution >= 0.6 is 0 Å². The highest BCUT2D eigenvalue weighted by molar-refractivity contribution is 5.84. The van der Waals surface area contributed by atoms with Gasteiger partial charge in [-0.1, -0.05) is 33.6 Å². The Balaban J connectivity index is 1.95. The summed E-state index contributed by atoms with van der Waals surface area (Å²) in [6.07, 6.45) is 7.18. The van der Waals surface area contributed by atoms with Crippen molar-refractivity contribution < 1.29 is 4.79 Å². The normalized spacial score (nSPS) is 31.0. The average molecular weight is 238 g/mol. The first-order valence-corrected chi connectivity index (χ1v) is 7.16. The maximum Gasteiger partial charge on any atom is 0.241 e. The molecule has 1 saturated carbocycles. The summed E-state index contributed by atoms with van der Waals surface area (Å²) >= 11 is 0. The smallest absolute Gasteiger partial charge is 0.241 e. The van der Waals surface area contributed by atoms with Gasteiger partial charge >= 0.3 is 0 Å². The van der Waals surface area contributed by atoms with Crippen molar-refractivity contribution in [2.45, 2.75) is 71.5 Å². The van der Waals surface area contributed by atoms with Crippen LogP contribution in [0.15, 0.2) is 0 Å². The Morgan fingerprint density at radius 3 is 2.65 bits per heavy atom. The Morgan fingerprint density at radius 1 is 1.41 bits per heavy atom. The molecular weight excluding hydrogens is 212 g/mol. The minimum Gasteiger partial charge on any atom is -0.325 e. The molecule has 1 heterocycles. The first kappa shape index (κ1) is 12.9. The molecule has 2 atom stereocenters. The van der Waals surface area contributed by atoms with Crippen molar-refractivity contribution in [1.29, 1.82) is 0 Å². The lowest BCUT2D eigenvalue weighted by molar-refractivity contribution is -0.131. The number of carbonyl (C=O) groups excluding carboxylic acids is 1. The maximum atomic E-state index is 12.3. The first-order valence-electron chi connectivity index (χ1n) is 7.16. The number of nitrogens with one attached hydrogen (secondary N) is 1. The van der Waals surface area contributed by atoms with Crippen LogP contribution < -0.4 is 5.32 Å². The highest BCUT2D eigenvalue weighted by atomic mass is 16.2. The van der Waals surface area contributed by atoms with E-state index in [2.05, 4.69) is 31.0 Å². The van der Waals surface area contributed by atoms with Gasteiger partial charge in [-0.3, -0.25) is 10.1 Å². The molecule has 0 radical (unpaired) electrons. The molecule has 2 rings (SSSR count). The summed E-state index contributed by atoms with van der Waals surface area (Å²) in [7, 11) is 0. The molecule has 1 amide bonds. The van der Waals surface area contributed by atoms with E-state index in [9.17, 15) is 4.79 Å². The summed E-state index contributed by atoms with van der Waals surface area (Å²) in [5.41, 5.74) is 0.421. The average Bonchev–Trinajstić information content (AvgIpc) is 2.97. The molecule has 17 heavy (non-hydrogen) atoms. The standard InChI is InChI=1S/C14H26N2O/c1-4-6-7-11-13(17)16(12(5-2)15-11)10-14(3)8-9-14/h11-12,15H,4-10H2,1-3H3. The van der Waals surface area contributed by atoms with E-state index < -0.39 is 0 Å². The van der Waals surface area contributed by atoms with Crippen molar-refractivity contribution in [3.8, 4) is 0 Å². The van der Waals surface area contributed by atoms with Crippen LogP contribution in [0.25, 0.3) is 0 Å². The Morgan fingerprint density at radius 2 is 2.12 bits per heavy atom. The van der Waals surface area contributed by atoms with Gasteiger partial charge in [0.2, 0.25) is 5.91 Å². The maximum absolute atomic E-state index is 12.3. The van der Waals surface area contributed by atoms with Crippen LogP contribution in [0.4, 0.5) is 0 Å². The quantitative estimate of drug-likeness (QED) is 0.771. The molecule has 2 unspecified atom stereocenters. The Labute approximate surface area is 105 Å². The third kappa shape index (κ3) is 2.82. The first-order chi connectivity index (χ1) is 8.09. The number of nitrogens with zero attached hydrogens (tertiary/aromatic N) is 1. The lowest BCUT2D eigenvalue weighted by atomic mass is 10.1. The Bertz CT molecular complexity index is 286. The number of unbranched alkanes of at least 4 members (excludes halogenated alkanes) is 1. The molecule has 0 aromatic heterocycles. The predicted molar refractivity (Wildman–Crippen MR) is 69.6 cm³/mol. The molecule has 98 valence electrons. The molecule has 1 N–H and O–H groups in total. The minimum absolute atomic E-state index is 0.0854. The number of hydrogen-bond donors (Lipinski definition) is 1. The molecular formula is C14H26N2O. The van der Waals surface area contributed by atoms with Crippen LogP contribution in [0.5, 0.6) is 0 Å². The zero-order valence-corrected chi connectivity index (χ0v) is 11.5. The minimum atomic E-state index is 0.0854. The lowest BCUT2D eigenvalue weighted by Crippen LogP contribution is -2.40. The molecule has 2 fully saturated rings. The van der Waals surface area contributed by atoms with Gasteiger partial charge < -0.3 is 4.90 Å². The molecule has 1 aliphatic heterocycles. The van der Waals surface area contributed by atoms with Crippen molar-refractivity contribution in [3.63, 3.8) is 0 Å². The Hall–Kier alpha value is -0.570. The third-order valence-corrected chi connectivity index (χ3v) is 4.24. The highest BCUT2D eigenvalue weighted by Gasteiger charge is 2.45. The summed E-state index contributed by atoms with van der Waals surface area (Å²) in [5.74, 6) is 0.346. The molecule has 2 aliphatic rings. The Kier molecular flexibility index (Phi) is 3.76. The van der Waals surface area contributed by atoms with Crippen molar-refractivity contribution in [2.24, 2.45) is 5.41 Å². The van der Waals surface area contributed by atoms with Crippen LogP contribution in [-0.4, -0.2) is 29.6 Å². The van der Waals surface area contributed by atoms with Crippen LogP contribution in [0.1, 0.15) is 59.3 Å². The van der Waals surface area contributed by atoms with E-state index in [1.807, 2.05) is 0 Å². The van der Waals surface area contributed by atoms with Crippen LogP contribution in [0.2, 0.25) is 0 Å². The van der Waals surface area contributed by atoms with Gasteiger partial charge in [-0.15, -0.1) is 0 Å². The second kappa shape index (κ2) is 4.97. The van der Waals surface area contributed by atoms with E-state index in [1.54, 1.807) is 0 Å². The van der Waals surface area contributed by atoms with Crippen molar-refractivity contribution in [3.05, 3.63) is 0 Å². The second-order valence-electron chi connectivity index (χ2n) is 6.06. The van der Waals surface area contributed by atoms with Gasteiger partial charge in [-0.25, -0.2) is 0 Å². The van der Waals surface area contributed by atoms with Gasteiger partial charge in [0.1, 0.15) is 0 Å². The van der Waals surface area contributed by atoms with E-state index in [1.165, 1.54) is 19.3 Å². The molecule has 3 nitrogen and oxygen atoms in total. The van der Waals surface area contributed by atoms with Crippen LogP contribution in [-0.2, 0) is 4.79 Å². The topological polar surface area (TPSA) is 32.3 Å². The fourth-order valence-electron chi connectivity index (χ4n) is 2.67. The van der Waals surface area contributed by atoms with Gasteiger partial charge in [-0.05, 0) is 31.1 Å². The lowest BCUT2D eigenvalue weighted by Gasteiger charge is -2.26. The number of rotatable bonds is 6. The fourth-order valence-corrected chi connectivity index (χ4v) is 2.67. The zero-order chi connectivity index (χ0) is 12.5. The van der Waals surface area contributed by atoms with Gasteiger partial charge in [0, 0.05) is 6.54 Å². The van der Waals surface area contributed by atoms with E-state index in [0.29, 0.717) is 11.3 Å². The largest absolute Gasteiger partial charge is 0.325 e. The van der Waals surface area contributed by atoms with E-state index in [-0.39, 0.29) is 12.2 Å². The van der Waals surface area contributed by atoms with Gasteiger partial charge in [0.15, 0.2) is 0 Å². The number of carbonyl (C=O) groups is 1. The number of amides is 1. The summed E-state index contributed by atoms with van der Waals surface area (Å²) in [4.78, 5) is 14.5. The van der Waals surface area contributed by atoms with Gasteiger partial charge in [0.05, 0.1) is 12.2 Å².